The molecule has 1 aliphatic heterocycles. The van der Waals surface area contributed by atoms with Crippen LogP contribution in [0.25, 0.3) is 5.65 Å². The SMILES string of the molecule is CN(C)/C=C/C(=O)c1cnc(N(Cc2c(F)ccc3c2CCO3)C(=O)OC(C)(C)C)n2cc(C#N)nc12. The molecule has 192 valence electrons. The fourth-order valence-corrected chi connectivity index (χ4v) is 3.88. The zero-order valence-electron chi connectivity index (χ0n) is 21.3. The summed E-state index contributed by atoms with van der Waals surface area (Å²) in [5.74, 6) is -0.317. The van der Waals surface area contributed by atoms with E-state index in [0.717, 1.165) is 0 Å². The van der Waals surface area contributed by atoms with E-state index in [2.05, 4.69) is 9.97 Å². The predicted octanol–water partition coefficient (Wildman–Crippen LogP) is 3.87. The Bertz CT molecular complexity index is 1450. The van der Waals surface area contributed by atoms with Crippen LogP contribution >= 0.6 is 0 Å². The molecule has 1 aliphatic rings. The van der Waals surface area contributed by atoms with Crippen molar-refractivity contribution in [2.24, 2.45) is 0 Å². The standard InChI is InChI=1S/C26H27FN6O4/c1-26(2,3)37-25(35)33(15-19-17-9-11-36-22(17)7-6-20(19)27)24-29-13-18(21(34)8-10-31(4)5)23-30-16(12-28)14-32(23)24/h6-8,10,13-14H,9,11,15H2,1-5H3/b10-8+. The molecule has 0 fully saturated rings. The quantitative estimate of drug-likeness (QED) is 0.366. The number of amides is 1. The van der Waals surface area contributed by atoms with E-state index >= 15 is 4.39 Å². The summed E-state index contributed by atoms with van der Waals surface area (Å²) in [7, 11) is 3.54. The second-order valence-corrected chi connectivity index (χ2v) is 9.71. The van der Waals surface area contributed by atoms with Gasteiger partial charge in [0.25, 0.3) is 0 Å². The van der Waals surface area contributed by atoms with Crippen LogP contribution in [0, 0.1) is 17.1 Å². The first-order valence-corrected chi connectivity index (χ1v) is 11.6. The van der Waals surface area contributed by atoms with E-state index in [1.54, 1.807) is 52.0 Å². The Morgan fingerprint density at radius 2 is 2.08 bits per heavy atom. The van der Waals surface area contributed by atoms with Crippen molar-refractivity contribution < 1.29 is 23.5 Å². The first-order chi connectivity index (χ1) is 17.5. The Morgan fingerprint density at radius 3 is 2.76 bits per heavy atom. The number of hydrogen-bond acceptors (Lipinski definition) is 8. The monoisotopic (exact) mass is 506 g/mol. The summed E-state index contributed by atoms with van der Waals surface area (Å²) in [5, 5.41) is 9.49. The van der Waals surface area contributed by atoms with Crippen LogP contribution in [-0.4, -0.2) is 57.4 Å². The Balaban J connectivity index is 1.87. The van der Waals surface area contributed by atoms with Gasteiger partial charge in [0.2, 0.25) is 5.95 Å². The number of nitrogens with zero attached hydrogens (tertiary/aromatic N) is 6. The number of rotatable bonds is 6. The molecule has 0 saturated carbocycles. The van der Waals surface area contributed by atoms with Crippen LogP contribution in [0.5, 0.6) is 5.75 Å². The molecule has 37 heavy (non-hydrogen) atoms. The summed E-state index contributed by atoms with van der Waals surface area (Å²) >= 11 is 0. The second-order valence-electron chi connectivity index (χ2n) is 9.71. The minimum absolute atomic E-state index is 0.0160. The molecule has 2 aromatic heterocycles. The molecule has 0 saturated heterocycles. The van der Waals surface area contributed by atoms with Gasteiger partial charge in [-0.05, 0) is 32.9 Å². The normalized spacial score (nSPS) is 12.8. The van der Waals surface area contributed by atoms with Gasteiger partial charge in [-0.1, -0.05) is 0 Å². The van der Waals surface area contributed by atoms with Gasteiger partial charge in [-0.15, -0.1) is 0 Å². The van der Waals surface area contributed by atoms with Gasteiger partial charge < -0.3 is 14.4 Å². The highest BCUT2D eigenvalue weighted by atomic mass is 19.1. The lowest BCUT2D eigenvalue weighted by Gasteiger charge is -2.27. The zero-order chi connectivity index (χ0) is 26.9. The van der Waals surface area contributed by atoms with E-state index in [4.69, 9.17) is 9.47 Å². The number of carbonyl (C=O) groups excluding carboxylic acids is 2. The van der Waals surface area contributed by atoms with Crippen molar-refractivity contribution in [1.82, 2.24) is 19.3 Å². The van der Waals surface area contributed by atoms with Crippen LogP contribution in [-0.2, 0) is 17.7 Å². The molecule has 4 rings (SSSR count). The van der Waals surface area contributed by atoms with Gasteiger partial charge in [-0.2, -0.15) is 5.26 Å². The van der Waals surface area contributed by atoms with Gasteiger partial charge in [0.15, 0.2) is 17.1 Å². The number of imidazole rings is 1. The zero-order valence-corrected chi connectivity index (χ0v) is 21.3. The molecule has 0 aliphatic carbocycles. The highest BCUT2D eigenvalue weighted by molar-refractivity contribution is 6.08. The van der Waals surface area contributed by atoms with Crippen LogP contribution in [0.1, 0.15) is 48.0 Å². The fraction of sp³-hybridized carbons (Fsp3) is 0.346. The van der Waals surface area contributed by atoms with Crippen molar-refractivity contribution in [3.8, 4) is 11.8 Å². The summed E-state index contributed by atoms with van der Waals surface area (Å²) in [4.78, 5) is 37.8. The Labute approximate surface area is 213 Å². The highest BCUT2D eigenvalue weighted by Gasteiger charge is 2.31. The topological polar surface area (TPSA) is 113 Å². The first-order valence-electron chi connectivity index (χ1n) is 11.6. The van der Waals surface area contributed by atoms with E-state index < -0.39 is 17.5 Å². The van der Waals surface area contributed by atoms with Gasteiger partial charge in [0.05, 0.1) is 24.9 Å². The number of allylic oxidation sites excluding steroid dienone is 1. The van der Waals surface area contributed by atoms with E-state index in [1.165, 1.54) is 33.8 Å². The van der Waals surface area contributed by atoms with E-state index in [9.17, 15) is 14.9 Å². The lowest BCUT2D eigenvalue weighted by molar-refractivity contribution is 0.0574. The average Bonchev–Trinajstić information content (AvgIpc) is 3.47. The van der Waals surface area contributed by atoms with Crippen molar-refractivity contribution in [3.63, 3.8) is 0 Å². The molecule has 0 atom stereocenters. The van der Waals surface area contributed by atoms with E-state index in [1.807, 2.05) is 6.07 Å². The molecule has 3 heterocycles. The molecule has 1 amide bonds. The summed E-state index contributed by atoms with van der Waals surface area (Å²) in [6.45, 7) is 5.33. The van der Waals surface area contributed by atoms with Crippen LogP contribution in [0.2, 0.25) is 0 Å². The molecule has 0 bridgehead atoms. The third-order valence-corrected chi connectivity index (χ3v) is 5.49. The smallest absolute Gasteiger partial charge is 0.417 e. The molecule has 0 radical (unpaired) electrons. The molecule has 1 aromatic carbocycles. The number of anilines is 1. The van der Waals surface area contributed by atoms with Gasteiger partial charge >= 0.3 is 6.09 Å². The van der Waals surface area contributed by atoms with Crippen molar-refractivity contribution in [2.75, 3.05) is 25.6 Å². The maximum Gasteiger partial charge on any atom is 0.417 e. The summed E-state index contributed by atoms with van der Waals surface area (Å²) in [6.07, 6.45) is 5.29. The van der Waals surface area contributed by atoms with Crippen LogP contribution in [0.3, 0.4) is 0 Å². The molecule has 11 heteroatoms. The lowest BCUT2D eigenvalue weighted by atomic mass is 10.0. The number of benzene rings is 1. The second kappa shape index (κ2) is 9.89. The van der Waals surface area contributed by atoms with Gasteiger partial charge in [0, 0.05) is 50.1 Å². The first kappa shape index (κ1) is 25.6. The Hall–Kier alpha value is -4.46. The molecule has 0 N–H and O–H groups in total. The minimum Gasteiger partial charge on any atom is -0.493 e. The van der Waals surface area contributed by atoms with Crippen molar-refractivity contribution >= 4 is 23.5 Å². The third kappa shape index (κ3) is 5.38. The van der Waals surface area contributed by atoms with E-state index in [-0.39, 0.29) is 40.7 Å². The van der Waals surface area contributed by atoms with E-state index in [0.29, 0.717) is 24.3 Å². The number of nitriles is 1. The molecule has 10 nitrogen and oxygen atoms in total. The number of halogens is 1. The van der Waals surface area contributed by atoms with Gasteiger partial charge in [0.1, 0.15) is 23.2 Å². The summed E-state index contributed by atoms with van der Waals surface area (Å²) < 4.78 is 27.6. The molecule has 0 unspecified atom stereocenters. The maximum atomic E-state index is 15.0. The van der Waals surface area contributed by atoms with Crippen LogP contribution in [0.15, 0.2) is 36.8 Å². The molecular formula is C26H27FN6O4. The van der Waals surface area contributed by atoms with Crippen LogP contribution in [0.4, 0.5) is 15.1 Å². The van der Waals surface area contributed by atoms with Crippen LogP contribution < -0.4 is 9.64 Å². The molecular weight excluding hydrogens is 479 g/mol. The van der Waals surface area contributed by atoms with Gasteiger partial charge in [-0.25, -0.2) is 24.1 Å². The van der Waals surface area contributed by atoms with Crippen molar-refractivity contribution in [1.29, 1.82) is 5.26 Å². The largest absolute Gasteiger partial charge is 0.493 e. The number of aromatic nitrogens is 3. The Morgan fingerprint density at radius 1 is 1.32 bits per heavy atom. The highest BCUT2D eigenvalue weighted by Crippen LogP contribution is 2.32. The minimum atomic E-state index is -0.853. The fourth-order valence-electron chi connectivity index (χ4n) is 3.88. The summed E-state index contributed by atoms with van der Waals surface area (Å²) in [6, 6.07) is 4.80. The van der Waals surface area contributed by atoms with Crippen molar-refractivity contribution in [2.45, 2.75) is 39.3 Å². The number of fused-ring (bicyclic) bond motifs is 2. The lowest BCUT2D eigenvalue weighted by Crippen LogP contribution is -2.38. The summed E-state index contributed by atoms with van der Waals surface area (Å²) in [5.41, 5.74) is 0.357. The van der Waals surface area contributed by atoms with Gasteiger partial charge in [-0.3, -0.25) is 9.20 Å². The number of hydrogen-bond donors (Lipinski definition) is 0. The third-order valence-electron chi connectivity index (χ3n) is 5.49. The predicted molar refractivity (Wildman–Crippen MR) is 133 cm³/mol. The maximum absolute atomic E-state index is 15.0. The number of carbonyl (C=O) groups is 2. The average molecular weight is 507 g/mol. The Kier molecular flexibility index (Phi) is 6.85. The number of ether oxygens (including phenoxy) is 2. The van der Waals surface area contributed by atoms with Crippen molar-refractivity contribution in [3.05, 3.63) is 65.0 Å². The molecule has 3 aromatic rings. The molecule has 0 spiro atoms. The number of ketones is 1.